The number of alkyl halides is 6. The van der Waals surface area contributed by atoms with Crippen LogP contribution in [0.15, 0.2) is 29.3 Å². The summed E-state index contributed by atoms with van der Waals surface area (Å²) < 4.78 is 80.1. The van der Waals surface area contributed by atoms with Crippen LogP contribution >= 0.6 is 15.9 Å². The lowest BCUT2D eigenvalue weighted by molar-refractivity contribution is -0.141. The smallest absolute Gasteiger partial charge is 0.310 e. The van der Waals surface area contributed by atoms with Crippen LogP contribution in [-0.4, -0.2) is 28.9 Å². The first-order valence-electron chi connectivity index (χ1n) is 7.47. The predicted octanol–water partition coefficient (Wildman–Crippen LogP) is 4.48. The van der Waals surface area contributed by atoms with Crippen molar-refractivity contribution in [3.05, 3.63) is 40.5 Å². The third kappa shape index (κ3) is 2.89. The second kappa shape index (κ2) is 5.90. The van der Waals surface area contributed by atoms with Gasteiger partial charge in [-0.3, -0.25) is 4.40 Å². The molecule has 0 saturated carbocycles. The Morgan fingerprint density at radius 2 is 1.68 bits per heavy atom. The Balaban J connectivity index is 1.91. The Labute approximate surface area is 160 Å². The maximum absolute atomic E-state index is 12.9. The van der Waals surface area contributed by atoms with Crippen molar-refractivity contribution < 1.29 is 26.3 Å². The van der Waals surface area contributed by atoms with Crippen molar-refractivity contribution in [2.75, 3.05) is 0 Å². The van der Waals surface area contributed by atoms with Gasteiger partial charge in [-0.2, -0.15) is 26.3 Å². The Bertz CT molecular complexity index is 1130. The summed E-state index contributed by atoms with van der Waals surface area (Å²) in [6.07, 6.45) is -7.59. The first-order chi connectivity index (χ1) is 13.0. The quantitative estimate of drug-likeness (QED) is 0.389. The fourth-order valence-electron chi connectivity index (χ4n) is 2.66. The molecule has 146 valence electrons. The Morgan fingerprint density at radius 1 is 0.964 bits per heavy atom. The Hall–Kier alpha value is -2.70. The van der Waals surface area contributed by atoms with Crippen LogP contribution < -0.4 is 0 Å². The number of aryl methyl sites for hydroxylation is 1. The van der Waals surface area contributed by atoms with Crippen LogP contribution in [-0.2, 0) is 19.4 Å². The van der Waals surface area contributed by atoms with Crippen LogP contribution in [0.3, 0.4) is 0 Å². The van der Waals surface area contributed by atoms with Crippen LogP contribution in [0.2, 0.25) is 0 Å². The molecular formula is C15H7BrF6N6. The van der Waals surface area contributed by atoms with Crippen molar-refractivity contribution in [1.29, 1.82) is 0 Å². The summed E-state index contributed by atoms with van der Waals surface area (Å²) >= 11 is 3.23. The average Bonchev–Trinajstić information content (AvgIpc) is 3.10. The first kappa shape index (κ1) is 18.7. The van der Waals surface area contributed by atoms with E-state index < -0.39 is 23.6 Å². The minimum absolute atomic E-state index is 0.0228. The molecule has 0 unspecified atom stereocenters. The van der Waals surface area contributed by atoms with E-state index in [2.05, 4.69) is 35.9 Å². The normalized spacial score (nSPS) is 13.0. The highest BCUT2D eigenvalue weighted by atomic mass is 79.9. The minimum atomic E-state index is -4.64. The van der Waals surface area contributed by atoms with Crippen molar-refractivity contribution in [2.24, 2.45) is 7.05 Å². The van der Waals surface area contributed by atoms with Gasteiger partial charge in [0.15, 0.2) is 11.5 Å². The lowest BCUT2D eigenvalue weighted by Crippen LogP contribution is -2.08. The monoisotopic (exact) mass is 464 g/mol. The number of fused-ring (bicyclic) bond motifs is 2. The van der Waals surface area contributed by atoms with Gasteiger partial charge in [-0.15, -0.1) is 0 Å². The van der Waals surface area contributed by atoms with E-state index in [1.165, 1.54) is 16.0 Å². The Morgan fingerprint density at radius 3 is 2.32 bits per heavy atom. The topological polar surface area (TPSA) is 60.9 Å². The molecule has 4 rings (SSSR count). The number of halogens is 7. The van der Waals surface area contributed by atoms with Crippen LogP contribution in [0.1, 0.15) is 11.3 Å². The molecule has 0 amide bonds. The molecule has 0 radical (unpaired) electrons. The van der Waals surface area contributed by atoms with E-state index in [0.29, 0.717) is 6.20 Å². The fraction of sp³-hybridized carbons (Fsp3) is 0.200. The van der Waals surface area contributed by atoms with Crippen LogP contribution in [0.25, 0.3) is 28.3 Å². The fourth-order valence-corrected chi connectivity index (χ4v) is 3.20. The van der Waals surface area contributed by atoms with Gasteiger partial charge >= 0.3 is 12.4 Å². The molecule has 0 aliphatic rings. The number of aromatic nitrogens is 6. The summed E-state index contributed by atoms with van der Waals surface area (Å²) in [5.74, 6) is 0.131. The number of hydrogen-bond acceptors (Lipinski definition) is 4. The summed E-state index contributed by atoms with van der Waals surface area (Å²) in [7, 11) is 1.51. The first-order valence-corrected chi connectivity index (χ1v) is 8.27. The van der Waals surface area contributed by atoms with Gasteiger partial charge in [-0.1, -0.05) is 0 Å². The van der Waals surface area contributed by atoms with E-state index >= 15 is 0 Å². The molecular weight excluding hydrogens is 458 g/mol. The molecule has 0 aliphatic carbocycles. The Kier molecular flexibility index (Phi) is 3.93. The SMILES string of the molecule is Cn1c(-c2nc3cc(C(F)(F)F)ncn3c2Br)nc2cc(C(F)(F)F)cnc21. The van der Waals surface area contributed by atoms with Gasteiger partial charge in [-0.05, 0) is 22.0 Å². The molecule has 0 N–H and O–H groups in total. The maximum atomic E-state index is 12.9. The largest absolute Gasteiger partial charge is 0.433 e. The van der Waals surface area contributed by atoms with E-state index in [0.717, 1.165) is 18.5 Å². The maximum Gasteiger partial charge on any atom is 0.433 e. The number of nitrogens with zero attached hydrogens (tertiary/aromatic N) is 6. The molecule has 4 aromatic rings. The van der Waals surface area contributed by atoms with Gasteiger partial charge in [0, 0.05) is 19.3 Å². The molecule has 0 aromatic carbocycles. The van der Waals surface area contributed by atoms with E-state index in [4.69, 9.17) is 0 Å². The van der Waals surface area contributed by atoms with Crippen molar-refractivity contribution in [3.63, 3.8) is 0 Å². The minimum Gasteiger partial charge on any atom is -0.310 e. The van der Waals surface area contributed by atoms with Crippen molar-refractivity contribution in [1.82, 2.24) is 28.9 Å². The van der Waals surface area contributed by atoms with Crippen LogP contribution in [0, 0.1) is 0 Å². The molecule has 0 atom stereocenters. The van der Waals surface area contributed by atoms with E-state index in [1.54, 1.807) is 0 Å². The highest BCUT2D eigenvalue weighted by molar-refractivity contribution is 9.10. The van der Waals surface area contributed by atoms with Gasteiger partial charge in [-0.25, -0.2) is 19.9 Å². The lowest BCUT2D eigenvalue weighted by atomic mass is 10.2. The zero-order valence-corrected chi connectivity index (χ0v) is 15.2. The summed E-state index contributed by atoms with van der Waals surface area (Å²) in [5.41, 5.74) is -1.86. The summed E-state index contributed by atoms with van der Waals surface area (Å²) in [6, 6.07) is 1.61. The molecule has 6 nitrogen and oxygen atoms in total. The van der Waals surface area contributed by atoms with Crippen molar-refractivity contribution in [2.45, 2.75) is 12.4 Å². The van der Waals surface area contributed by atoms with Crippen LogP contribution in [0.5, 0.6) is 0 Å². The third-order valence-electron chi connectivity index (χ3n) is 4.00. The molecule has 4 aromatic heterocycles. The highest BCUT2D eigenvalue weighted by Gasteiger charge is 2.34. The third-order valence-corrected chi connectivity index (χ3v) is 4.75. The zero-order valence-electron chi connectivity index (χ0n) is 13.6. The van der Waals surface area contributed by atoms with Crippen molar-refractivity contribution in [3.8, 4) is 11.5 Å². The molecule has 0 saturated heterocycles. The number of imidazole rings is 2. The molecule has 28 heavy (non-hydrogen) atoms. The van der Waals surface area contributed by atoms with Gasteiger partial charge in [0.2, 0.25) is 0 Å². The second-order valence-electron chi connectivity index (χ2n) is 5.81. The number of rotatable bonds is 1. The average molecular weight is 465 g/mol. The molecule has 0 spiro atoms. The van der Waals surface area contributed by atoms with Gasteiger partial charge in [0.25, 0.3) is 0 Å². The van der Waals surface area contributed by atoms with E-state index in [9.17, 15) is 26.3 Å². The molecule has 0 bridgehead atoms. The number of pyridine rings is 1. The predicted molar refractivity (Wildman–Crippen MR) is 88.2 cm³/mol. The van der Waals surface area contributed by atoms with Gasteiger partial charge in [0.05, 0.1) is 5.56 Å². The van der Waals surface area contributed by atoms with Gasteiger partial charge in [0.1, 0.15) is 33.5 Å². The summed E-state index contributed by atoms with van der Waals surface area (Å²) in [5, 5.41) is 0. The molecule has 4 heterocycles. The van der Waals surface area contributed by atoms with Crippen molar-refractivity contribution >= 4 is 32.7 Å². The van der Waals surface area contributed by atoms with E-state index in [-0.39, 0.29) is 32.9 Å². The standard InChI is InChI=1S/C15H7BrF6N6/c1-27-12-7(2-6(4-23-12)14(17,18)19)25-13(27)10-11(16)28-5-24-8(15(20,21)22)3-9(28)26-10/h2-5H,1H3. The number of hydrogen-bond donors (Lipinski definition) is 0. The van der Waals surface area contributed by atoms with Crippen LogP contribution in [0.4, 0.5) is 26.3 Å². The van der Waals surface area contributed by atoms with Gasteiger partial charge < -0.3 is 4.57 Å². The molecule has 0 aliphatic heterocycles. The summed E-state index contributed by atoms with van der Waals surface area (Å²) in [4.78, 5) is 15.4. The summed E-state index contributed by atoms with van der Waals surface area (Å²) in [6.45, 7) is 0. The lowest BCUT2D eigenvalue weighted by Gasteiger charge is -2.05. The molecule has 0 fully saturated rings. The highest BCUT2D eigenvalue weighted by Crippen LogP contribution is 2.34. The molecule has 13 heteroatoms. The zero-order chi connectivity index (χ0) is 20.4. The van der Waals surface area contributed by atoms with E-state index in [1.807, 2.05) is 0 Å². The second-order valence-corrected chi connectivity index (χ2v) is 6.56.